The van der Waals surface area contributed by atoms with Gasteiger partial charge in [-0.1, -0.05) is 6.07 Å². The number of ether oxygens (including phenoxy) is 2. The molecule has 9 heteroatoms. The third-order valence-electron chi connectivity index (χ3n) is 5.48. The summed E-state index contributed by atoms with van der Waals surface area (Å²) in [5.41, 5.74) is 0.0423. The van der Waals surface area contributed by atoms with Crippen molar-refractivity contribution in [2.45, 2.75) is 38.7 Å². The number of benzene rings is 3. The lowest BCUT2D eigenvalue weighted by molar-refractivity contribution is -0.152. The Morgan fingerprint density at radius 2 is 1.60 bits per heavy atom. The van der Waals surface area contributed by atoms with Gasteiger partial charge in [0.1, 0.15) is 17.6 Å². The van der Waals surface area contributed by atoms with Crippen LogP contribution in [0, 0.1) is 0 Å². The quantitative estimate of drug-likeness (QED) is 0.327. The molecule has 0 spiro atoms. The highest BCUT2D eigenvalue weighted by Gasteiger charge is 2.30. The lowest BCUT2D eigenvalue weighted by Crippen LogP contribution is -2.37. The molecule has 1 heterocycles. The monoisotopic (exact) mass is 484 g/mol. The summed E-state index contributed by atoms with van der Waals surface area (Å²) in [6, 6.07) is 17.1. The molecule has 4 rings (SSSR count). The molecule has 182 valence electrons. The van der Waals surface area contributed by atoms with Crippen LogP contribution in [0.1, 0.15) is 38.0 Å². The Balaban J connectivity index is 1.48. The molecule has 0 saturated heterocycles. The number of halogens is 3. The van der Waals surface area contributed by atoms with Crippen molar-refractivity contribution >= 4 is 16.9 Å². The molecule has 6 nitrogen and oxygen atoms in total. The van der Waals surface area contributed by atoms with Crippen molar-refractivity contribution in [3.8, 4) is 17.2 Å². The molecule has 0 aliphatic rings. The van der Waals surface area contributed by atoms with Gasteiger partial charge in [-0.25, -0.2) is 9.48 Å². The number of carbonyl (C=O) groups is 1. The van der Waals surface area contributed by atoms with E-state index < -0.39 is 23.3 Å². The molecule has 0 aliphatic carbocycles. The van der Waals surface area contributed by atoms with Gasteiger partial charge in [-0.15, -0.1) is 0 Å². The van der Waals surface area contributed by atoms with Crippen LogP contribution in [0.5, 0.6) is 11.5 Å². The summed E-state index contributed by atoms with van der Waals surface area (Å²) in [5, 5.41) is 14.5. The minimum absolute atomic E-state index is 0.309. The van der Waals surface area contributed by atoms with Crippen LogP contribution >= 0.6 is 0 Å². The summed E-state index contributed by atoms with van der Waals surface area (Å²) < 4.78 is 51.5. The van der Waals surface area contributed by atoms with E-state index in [0.717, 1.165) is 23.1 Å². The SMILES string of the molecule is CC(Oc1ccc(OC(C)(C)C(=O)O)cc1)c1ccc2nn(-c3ccc(C(F)(F)F)cc3)cc2c1. The van der Waals surface area contributed by atoms with Crippen molar-refractivity contribution in [2.75, 3.05) is 0 Å². The van der Waals surface area contributed by atoms with Crippen LogP contribution < -0.4 is 9.47 Å². The van der Waals surface area contributed by atoms with E-state index in [4.69, 9.17) is 9.47 Å². The average molecular weight is 484 g/mol. The molecule has 0 saturated carbocycles. The third-order valence-corrected chi connectivity index (χ3v) is 5.48. The second kappa shape index (κ2) is 8.98. The average Bonchev–Trinajstić information content (AvgIpc) is 3.23. The van der Waals surface area contributed by atoms with Gasteiger partial charge in [0.05, 0.1) is 16.8 Å². The number of hydrogen-bond acceptors (Lipinski definition) is 4. The maximum atomic E-state index is 12.8. The number of carboxylic acids is 1. The first-order valence-corrected chi connectivity index (χ1v) is 10.8. The van der Waals surface area contributed by atoms with Gasteiger partial charge >= 0.3 is 12.1 Å². The number of rotatable bonds is 7. The van der Waals surface area contributed by atoms with Gasteiger partial charge in [-0.3, -0.25) is 0 Å². The summed E-state index contributed by atoms with van der Waals surface area (Å²) >= 11 is 0. The number of fused-ring (bicyclic) bond motifs is 1. The molecule has 35 heavy (non-hydrogen) atoms. The van der Waals surface area contributed by atoms with Crippen LogP contribution in [-0.2, 0) is 11.0 Å². The molecule has 0 bridgehead atoms. The lowest BCUT2D eigenvalue weighted by Gasteiger charge is -2.22. The van der Waals surface area contributed by atoms with Gasteiger partial charge in [0.15, 0.2) is 5.60 Å². The first kappa shape index (κ1) is 24.1. The number of aromatic nitrogens is 2. The fourth-order valence-corrected chi connectivity index (χ4v) is 3.43. The predicted molar refractivity (Wildman–Crippen MR) is 124 cm³/mol. The minimum atomic E-state index is -4.39. The Bertz CT molecular complexity index is 1340. The Kier molecular flexibility index (Phi) is 6.19. The zero-order valence-corrected chi connectivity index (χ0v) is 19.2. The van der Waals surface area contributed by atoms with Crippen molar-refractivity contribution in [3.63, 3.8) is 0 Å². The highest BCUT2D eigenvalue weighted by molar-refractivity contribution is 5.79. The number of hydrogen-bond donors (Lipinski definition) is 1. The Morgan fingerprint density at radius 1 is 0.971 bits per heavy atom. The summed E-state index contributed by atoms with van der Waals surface area (Å²) in [7, 11) is 0. The number of carboxylic acid groups (broad SMARTS) is 1. The zero-order valence-electron chi connectivity index (χ0n) is 19.2. The van der Waals surface area contributed by atoms with E-state index in [2.05, 4.69) is 5.10 Å². The van der Waals surface area contributed by atoms with Gasteiger partial charge < -0.3 is 14.6 Å². The fraction of sp³-hybridized carbons (Fsp3) is 0.231. The molecule has 1 unspecified atom stereocenters. The van der Waals surface area contributed by atoms with Gasteiger partial charge in [0.25, 0.3) is 0 Å². The van der Waals surface area contributed by atoms with Crippen molar-refractivity contribution in [1.29, 1.82) is 0 Å². The van der Waals surface area contributed by atoms with Crippen molar-refractivity contribution in [2.24, 2.45) is 0 Å². The first-order chi connectivity index (χ1) is 16.4. The van der Waals surface area contributed by atoms with E-state index in [0.29, 0.717) is 22.7 Å². The first-order valence-electron chi connectivity index (χ1n) is 10.8. The molecule has 0 aliphatic heterocycles. The highest BCUT2D eigenvalue weighted by atomic mass is 19.4. The summed E-state index contributed by atoms with van der Waals surface area (Å²) in [4.78, 5) is 11.2. The van der Waals surface area contributed by atoms with Crippen LogP contribution in [-0.4, -0.2) is 26.5 Å². The summed E-state index contributed by atoms with van der Waals surface area (Å²) in [6.07, 6.45) is -2.94. The van der Waals surface area contributed by atoms with Crippen molar-refractivity contribution in [1.82, 2.24) is 9.78 Å². The molecule has 1 N–H and O–H groups in total. The van der Waals surface area contributed by atoms with Crippen LogP contribution in [0.15, 0.2) is 72.9 Å². The topological polar surface area (TPSA) is 73.6 Å². The molecular formula is C26H23F3N2O4. The van der Waals surface area contributed by atoms with E-state index >= 15 is 0 Å². The van der Waals surface area contributed by atoms with Gasteiger partial charge in [-0.05, 0) is 87.0 Å². The van der Waals surface area contributed by atoms with Gasteiger partial charge in [-0.2, -0.15) is 18.3 Å². The highest BCUT2D eigenvalue weighted by Crippen LogP contribution is 2.30. The standard InChI is InChI=1S/C26H23F3N2O4/c1-16(34-21-9-11-22(12-10-21)35-25(2,3)24(32)33)17-4-13-23-18(14-17)15-31(30-23)20-7-5-19(6-8-20)26(27,28)29/h4-16H,1-3H3,(H,32,33). The van der Waals surface area contributed by atoms with E-state index in [1.807, 2.05) is 25.1 Å². The molecule has 3 aromatic carbocycles. The maximum Gasteiger partial charge on any atom is 0.416 e. The van der Waals surface area contributed by atoms with Crippen LogP contribution in [0.25, 0.3) is 16.6 Å². The van der Waals surface area contributed by atoms with Crippen molar-refractivity contribution < 1.29 is 32.5 Å². The molecule has 0 amide bonds. The second-order valence-electron chi connectivity index (χ2n) is 8.59. The number of aliphatic carboxylic acids is 1. The largest absolute Gasteiger partial charge is 0.486 e. The van der Waals surface area contributed by atoms with Gasteiger partial charge in [0, 0.05) is 11.6 Å². The number of alkyl halides is 3. The zero-order chi connectivity index (χ0) is 25.4. The fourth-order valence-electron chi connectivity index (χ4n) is 3.43. The lowest BCUT2D eigenvalue weighted by atomic mass is 10.1. The Morgan fingerprint density at radius 3 is 2.20 bits per heavy atom. The van der Waals surface area contributed by atoms with E-state index in [-0.39, 0.29) is 6.10 Å². The van der Waals surface area contributed by atoms with E-state index in [1.54, 1.807) is 30.5 Å². The second-order valence-corrected chi connectivity index (χ2v) is 8.59. The van der Waals surface area contributed by atoms with Crippen LogP contribution in [0.4, 0.5) is 13.2 Å². The normalized spacial score (nSPS) is 13.0. The smallest absolute Gasteiger partial charge is 0.416 e. The Labute approximate surface area is 199 Å². The van der Waals surface area contributed by atoms with E-state index in [1.165, 1.54) is 30.7 Å². The maximum absolute atomic E-state index is 12.8. The summed E-state index contributed by atoms with van der Waals surface area (Å²) in [6.45, 7) is 4.83. The predicted octanol–water partition coefficient (Wildman–Crippen LogP) is 6.43. The number of nitrogens with zero attached hydrogens (tertiary/aromatic N) is 2. The third kappa shape index (κ3) is 5.40. The molecule has 0 fully saturated rings. The van der Waals surface area contributed by atoms with Crippen LogP contribution in [0.3, 0.4) is 0 Å². The minimum Gasteiger partial charge on any atom is -0.486 e. The molecule has 4 aromatic rings. The van der Waals surface area contributed by atoms with Crippen molar-refractivity contribution in [3.05, 3.63) is 84.1 Å². The van der Waals surface area contributed by atoms with Crippen LogP contribution in [0.2, 0.25) is 0 Å². The van der Waals surface area contributed by atoms with E-state index in [9.17, 15) is 23.1 Å². The molecule has 1 atom stereocenters. The molecular weight excluding hydrogens is 461 g/mol. The van der Waals surface area contributed by atoms with Gasteiger partial charge in [0.2, 0.25) is 0 Å². The molecule has 0 radical (unpaired) electrons. The molecule has 1 aromatic heterocycles. The summed E-state index contributed by atoms with van der Waals surface area (Å²) in [5.74, 6) is -0.0727. The Hall–Kier alpha value is -4.01.